The topological polar surface area (TPSA) is 116 Å². The van der Waals surface area contributed by atoms with Crippen LogP contribution in [0.4, 0.5) is 15.2 Å². The van der Waals surface area contributed by atoms with E-state index in [0.29, 0.717) is 27.8 Å². The van der Waals surface area contributed by atoms with Crippen LogP contribution in [0, 0.1) is 24.1 Å². The predicted octanol–water partition coefficient (Wildman–Crippen LogP) is 4.55. The Balaban J connectivity index is 1.67. The van der Waals surface area contributed by atoms with Crippen molar-refractivity contribution >= 4 is 38.1 Å². The van der Waals surface area contributed by atoms with Crippen molar-refractivity contribution in [3.05, 3.63) is 94.4 Å². The van der Waals surface area contributed by atoms with Crippen LogP contribution in [0.25, 0.3) is 11.3 Å². The zero-order valence-corrected chi connectivity index (χ0v) is 20.9. The SMILES string of the molecule is Cc1sc(N(Cc2ccc(-c3ccc(F)cc3)nc2)c2ccc(C#N)cc2)nc1C(=O)NS(C)(=O)=O. The van der Waals surface area contributed by atoms with Gasteiger partial charge in [0.05, 0.1) is 30.1 Å². The minimum Gasteiger partial charge on any atom is -0.313 e. The van der Waals surface area contributed by atoms with Crippen LogP contribution in [-0.2, 0) is 16.6 Å². The summed E-state index contributed by atoms with van der Waals surface area (Å²) in [4.78, 5) is 23.8. The molecule has 0 spiro atoms. The molecule has 36 heavy (non-hydrogen) atoms. The van der Waals surface area contributed by atoms with Crippen molar-refractivity contribution in [1.29, 1.82) is 5.26 Å². The molecule has 8 nitrogen and oxygen atoms in total. The Morgan fingerprint density at radius 3 is 2.39 bits per heavy atom. The summed E-state index contributed by atoms with van der Waals surface area (Å²) in [6, 6.07) is 18.8. The van der Waals surface area contributed by atoms with Crippen LogP contribution in [0.5, 0.6) is 0 Å². The third kappa shape index (κ3) is 5.91. The van der Waals surface area contributed by atoms with Gasteiger partial charge in [-0.05, 0) is 67.1 Å². The van der Waals surface area contributed by atoms with Gasteiger partial charge < -0.3 is 4.90 Å². The Labute approximate surface area is 211 Å². The lowest BCUT2D eigenvalue weighted by Crippen LogP contribution is -2.30. The molecule has 0 unspecified atom stereocenters. The third-order valence-electron chi connectivity index (χ3n) is 5.12. The fourth-order valence-corrected chi connectivity index (χ4v) is 4.76. The number of aryl methyl sites for hydroxylation is 1. The van der Waals surface area contributed by atoms with Crippen molar-refractivity contribution in [2.24, 2.45) is 0 Å². The predicted molar refractivity (Wildman–Crippen MR) is 136 cm³/mol. The molecule has 0 aliphatic rings. The molecule has 0 radical (unpaired) electrons. The molecule has 2 aromatic heterocycles. The van der Waals surface area contributed by atoms with Gasteiger partial charge >= 0.3 is 0 Å². The number of benzene rings is 2. The number of carbonyl (C=O) groups is 1. The number of rotatable bonds is 7. The largest absolute Gasteiger partial charge is 0.313 e. The number of hydrogen-bond donors (Lipinski definition) is 1. The Bertz CT molecular complexity index is 1540. The number of aromatic nitrogens is 2. The second-order valence-corrected chi connectivity index (χ2v) is 10.8. The second-order valence-electron chi connectivity index (χ2n) is 7.91. The van der Waals surface area contributed by atoms with Crippen molar-refractivity contribution < 1.29 is 17.6 Å². The number of amides is 1. The molecule has 0 aliphatic carbocycles. The molecule has 2 heterocycles. The van der Waals surface area contributed by atoms with Gasteiger partial charge in [-0.25, -0.2) is 22.5 Å². The summed E-state index contributed by atoms with van der Waals surface area (Å²) in [5, 5.41) is 9.62. The summed E-state index contributed by atoms with van der Waals surface area (Å²) in [5.41, 5.74) is 3.54. The molecular weight excluding hydrogens is 501 g/mol. The molecule has 0 saturated heterocycles. The van der Waals surface area contributed by atoms with Crippen LogP contribution in [0.3, 0.4) is 0 Å². The maximum atomic E-state index is 13.2. The first-order valence-electron chi connectivity index (χ1n) is 10.6. The molecule has 0 bridgehead atoms. The summed E-state index contributed by atoms with van der Waals surface area (Å²) in [6.45, 7) is 2.02. The number of sulfonamides is 1. The molecule has 4 rings (SSSR count). The Morgan fingerprint density at radius 1 is 1.11 bits per heavy atom. The fraction of sp³-hybridized carbons (Fsp3) is 0.120. The van der Waals surface area contributed by atoms with Gasteiger partial charge in [0.25, 0.3) is 5.91 Å². The van der Waals surface area contributed by atoms with Crippen molar-refractivity contribution in [2.75, 3.05) is 11.2 Å². The van der Waals surface area contributed by atoms with E-state index in [1.54, 1.807) is 49.5 Å². The standard InChI is InChI=1S/C25H20FN5O3S2/c1-16-23(24(32)30-36(2,33)34)29-25(35-16)31(21-10-3-17(13-27)4-11-21)15-18-5-12-22(28-14-18)19-6-8-20(26)9-7-19/h3-12,14H,15H2,1-2H3,(H,30,32). The summed E-state index contributed by atoms with van der Waals surface area (Å²) < 4.78 is 38.2. The number of nitrogens with one attached hydrogen (secondary N) is 1. The van der Waals surface area contributed by atoms with Gasteiger partial charge in [0.1, 0.15) is 11.5 Å². The van der Waals surface area contributed by atoms with Gasteiger partial charge in [0.2, 0.25) is 10.0 Å². The van der Waals surface area contributed by atoms with Gasteiger partial charge in [0, 0.05) is 22.3 Å². The highest BCUT2D eigenvalue weighted by Crippen LogP contribution is 2.33. The number of nitrogens with zero attached hydrogens (tertiary/aromatic N) is 4. The average Bonchev–Trinajstić information content (AvgIpc) is 3.24. The van der Waals surface area contributed by atoms with Gasteiger partial charge in [-0.1, -0.05) is 6.07 Å². The minimum atomic E-state index is -3.75. The Kier molecular flexibility index (Phi) is 7.10. The summed E-state index contributed by atoms with van der Waals surface area (Å²) >= 11 is 1.24. The highest BCUT2D eigenvalue weighted by Gasteiger charge is 2.22. The second kappa shape index (κ2) is 10.2. The van der Waals surface area contributed by atoms with E-state index < -0.39 is 15.9 Å². The number of halogens is 1. The number of anilines is 2. The molecule has 2 aromatic carbocycles. The van der Waals surface area contributed by atoms with Crippen LogP contribution >= 0.6 is 11.3 Å². The smallest absolute Gasteiger partial charge is 0.284 e. The number of carbonyl (C=O) groups excluding carboxylic acids is 1. The average molecular weight is 522 g/mol. The first-order valence-corrected chi connectivity index (χ1v) is 13.3. The minimum absolute atomic E-state index is 0.0175. The molecule has 182 valence electrons. The number of pyridine rings is 1. The summed E-state index contributed by atoms with van der Waals surface area (Å²) in [7, 11) is -3.75. The summed E-state index contributed by atoms with van der Waals surface area (Å²) in [6.07, 6.45) is 2.60. The zero-order chi connectivity index (χ0) is 25.9. The van der Waals surface area contributed by atoms with Crippen LogP contribution in [0.1, 0.15) is 26.5 Å². The van der Waals surface area contributed by atoms with Crippen LogP contribution in [-0.4, -0.2) is 30.5 Å². The lowest BCUT2D eigenvalue weighted by Gasteiger charge is -2.22. The third-order valence-corrected chi connectivity index (χ3v) is 6.67. The molecular formula is C25H20FN5O3S2. The Hall–Kier alpha value is -4.14. The van der Waals surface area contributed by atoms with Crippen LogP contribution in [0.15, 0.2) is 66.9 Å². The van der Waals surface area contributed by atoms with Crippen LogP contribution < -0.4 is 9.62 Å². The molecule has 1 N–H and O–H groups in total. The Morgan fingerprint density at radius 2 is 1.81 bits per heavy atom. The fourth-order valence-electron chi connectivity index (χ4n) is 3.40. The van der Waals surface area contributed by atoms with E-state index >= 15 is 0 Å². The van der Waals surface area contributed by atoms with Crippen molar-refractivity contribution in [2.45, 2.75) is 13.5 Å². The number of nitriles is 1. The molecule has 0 aliphatic heterocycles. The van der Waals surface area contributed by atoms with E-state index in [-0.39, 0.29) is 11.5 Å². The normalized spacial score (nSPS) is 11.1. The van der Waals surface area contributed by atoms with Gasteiger partial charge in [-0.2, -0.15) is 5.26 Å². The van der Waals surface area contributed by atoms with E-state index in [1.165, 1.54) is 23.5 Å². The highest BCUT2D eigenvalue weighted by molar-refractivity contribution is 7.89. The quantitative estimate of drug-likeness (QED) is 0.379. The lowest BCUT2D eigenvalue weighted by atomic mass is 10.1. The molecule has 0 saturated carbocycles. The van der Waals surface area contributed by atoms with E-state index in [2.05, 4.69) is 16.0 Å². The highest BCUT2D eigenvalue weighted by atomic mass is 32.2. The maximum Gasteiger partial charge on any atom is 0.284 e. The zero-order valence-electron chi connectivity index (χ0n) is 19.3. The number of thiazole rings is 1. The molecule has 0 fully saturated rings. The van der Waals surface area contributed by atoms with Gasteiger partial charge in [-0.3, -0.25) is 9.78 Å². The first kappa shape index (κ1) is 25.0. The molecule has 1 amide bonds. The number of hydrogen-bond acceptors (Lipinski definition) is 8. The maximum absolute atomic E-state index is 13.2. The van der Waals surface area contributed by atoms with E-state index in [9.17, 15) is 17.6 Å². The summed E-state index contributed by atoms with van der Waals surface area (Å²) in [5.74, 6) is -1.13. The molecule has 4 aromatic rings. The van der Waals surface area contributed by atoms with Crippen molar-refractivity contribution in [1.82, 2.24) is 14.7 Å². The van der Waals surface area contributed by atoms with E-state index in [1.807, 2.05) is 21.8 Å². The molecule has 0 atom stereocenters. The molecule has 11 heteroatoms. The van der Waals surface area contributed by atoms with E-state index in [0.717, 1.165) is 23.1 Å². The van der Waals surface area contributed by atoms with Gasteiger partial charge in [-0.15, -0.1) is 11.3 Å². The van der Waals surface area contributed by atoms with E-state index in [4.69, 9.17) is 5.26 Å². The lowest BCUT2D eigenvalue weighted by molar-refractivity contribution is 0.0977. The first-order chi connectivity index (χ1) is 17.1. The van der Waals surface area contributed by atoms with Crippen LogP contribution in [0.2, 0.25) is 0 Å². The van der Waals surface area contributed by atoms with Gasteiger partial charge in [0.15, 0.2) is 5.13 Å². The van der Waals surface area contributed by atoms with Crippen molar-refractivity contribution in [3.8, 4) is 17.3 Å². The monoisotopic (exact) mass is 521 g/mol. The van der Waals surface area contributed by atoms with Crippen molar-refractivity contribution in [3.63, 3.8) is 0 Å².